The van der Waals surface area contributed by atoms with Crippen molar-refractivity contribution >= 4 is 11.6 Å². The quantitative estimate of drug-likeness (QED) is 0.710. The number of amides is 1. The van der Waals surface area contributed by atoms with Crippen molar-refractivity contribution in [3.05, 3.63) is 53.1 Å². The zero-order valence-electron chi connectivity index (χ0n) is 15.0. The Labute approximate surface area is 146 Å². The summed E-state index contributed by atoms with van der Waals surface area (Å²) >= 11 is 0. The number of anilines is 1. The van der Waals surface area contributed by atoms with Crippen LogP contribution in [-0.4, -0.2) is 5.91 Å². The molecule has 2 aromatic rings. The first kappa shape index (κ1) is 19.0. The van der Waals surface area contributed by atoms with Gasteiger partial charge in [0.05, 0.1) is 5.56 Å². The molecule has 134 valence electrons. The highest BCUT2D eigenvalue weighted by Gasteiger charge is 2.30. The van der Waals surface area contributed by atoms with Crippen LogP contribution in [0.15, 0.2) is 36.4 Å². The second-order valence-corrected chi connectivity index (χ2v) is 7.26. The zero-order chi connectivity index (χ0) is 19.0. The number of carbonyl (C=O) groups is 1. The summed E-state index contributed by atoms with van der Waals surface area (Å²) in [5.74, 6) is -0.109. The monoisotopic (exact) mass is 349 g/mol. The summed E-state index contributed by atoms with van der Waals surface area (Å²) in [7, 11) is 0. The molecule has 0 saturated carbocycles. The maximum Gasteiger partial charge on any atom is 0.416 e. The molecule has 2 rings (SSSR count). The fourth-order valence-electron chi connectivity index (χ4n) is 2.43. The number of halogens is 3. The molecule has 1 N–H and O–H groups in total. The zero-order valence-corrected chi connectivity index (χ0v) is 15.0. The van der Waals surface area contributed by atoms with Crippen molar-refractivity contribution in [1.29, 1.82) is 0 Å². The lowest BCUT2D eigenvalue weighted by Crippen LogP contribution is -2.28. The SMILES string of the molecule is Cc1cc(-c2cccc(C(F)(F)F)c2)c(C)cc1NC(=O)C(C)(C)C. The molecule has 5 heteroatoms. The summed E-state index contributed by atoms with van der Waals surface area (Å²) < 4.78 is 38.8. The minimum Gasteiger partial charge on any atom is -0.325 e. The van der Waals surface area contributed by atoms with Gasteiger partial charge in [-0.1, -0.05) is 32.9 Å². The van der Waals surface area contributed by atoms with E-state index in [1.807, 2.05) is 40.7 Å². The Morgan fingerprint density at radius 3 is 2.16 bits per heavy atom. The van der Waals surface area contributed by atoms with Crippen LogP contribution >= 0.6 is 0 Å². The van der Waals surface area contributed by atoms with Crippen molar-refractivity contribution in [3.63, 3.8) is 0 Å². The summed E-state index contributed by atoms with van der Waals surface area (Å²) in [5, 5.41) is 2.89. The highest BCUT2D eigenvalue weighted by Crippen LogP contribution is 2.34. The van der Waals surface area contributed by atoms with Gasteiger partial charge in [0.2, 0.25) is 5.91 Å². The number of hydrogen-bond donors (Lipinski definition) is 1. The van der Waals surface area contributed by atoms with Crippen LogP contribution in [0.25, 0.3) is 11.1 Å². The van der Waals surface area contributed by atoms with Crippen LogP contribution in [0, 0.1) is 19.3 Å². The maximum atomic E-state index is 12.9. The number of hydrogen-bond acceptors (Lipinski definition) is 1. The lowest BCUT2D eigenvalue weighted by Gasteiger charge is -2.20. The van der Waals surface area contributed by atoms with Crippen molar-refractivity contribution in [1.82, 2.24) is 0 Å². The molecular formula is C20H22F3NO. The van der Waals surface area contributed by atoms with Crippen molar-refractivity contribution in [3.8, 4) is 11.1 Å². The molecule has 0 aliphatic rings. The van der Waals surface area contributed by atoms with Gasteiger partial charge in [0.1, 0.15) is 0 Å². The standard InChI is InChI=1S/C20H22F3NO/c1-12-10-17(24-18(25)19(3,4)5)13(2)9-16(12)14-7-6-8-15(11-14)20(21,22)23/h6-11H,1-5H3,(H,24,25). The second kappa shape index (κ2) is 6.54. The van der Waals surface area contributed by atoms with Crippen LogP contribution in [0.3, 0.4) is 0 Å². The van der Waals surface area contributed by atoms with Gasteiger partial charge in [-0.3, -0.25) is 4.79 Å². The smallest absolute Gasteiger partial charge is 0.325 e. The van der Waals surface area contributed by atoms with Gasteiger partial charge in [-0.05, 0) is 60.4 Å². The first-order chi connectivity index (χ1) is 11.4. The van der Waals surface area contributed by atoms with Gasteiger partial charge in [0.15, 0.2) is 0 Å². The Hall–Kier alpha value is -2.30. The van der Waals surface area contributed by atoms with Crippen molar-refractivity contribution in [2.45, 2.75) is 40.8 Å². The van der Waals surface area contributed by atoms with E-state index < -0.39 is 17.2 Å². The summed E-state index contributed by atoms with van der Waals surface area (Å²) in [6.45, 7) is 9.11. The Morgan fingerprint density at radius 1 is 0.960 bits per heavy atom. The topological polar surface area (TPSA) is 29.1 Å². The van der Waals surface area contributed by atoms with E-state index >= 15 is 0 Å². The fourth-order valence-corrected chi connectivity index (χ4v) is 2.43. The molecule has 0 aromatic heterocycles. The van der Waals surface area contributed by atoms with Crippen LogP contribution in [0.1, 0.15) is 37.5 Å². The Morgan fingerprint density at radius 2 is 1.60 bits per heavy atom. The van der Waals surface area contributed by atoms with Gasteiger partial charge in [-0.25, -0.2) is 0 Å². The molecule has 0 atom stereocenters. The number of carbonyl (C=O) groups excluding carboxylic acids is 1. The molecule has 0 saturated heterocycles. The summed E-state index contributed by atoms with van der Waals surface area (Å²) in [4.78, 5) is 12.2. The number of benzene rings is 2. The van der Waals surface area contributed by atoms with E-state index in [1.165, 1.54) is 6.07 Å². The minimum atomic E-state index is -4.38. The third-order valence-corrected chi connectivity index (χ3v) is 4.00. The van der Waals surface area contributed by atoms with E-state index in [-0.39, 0.29) is 5.91 Å². The number of alkyl halides is 3. The molecule has 2 nitrogen and oxygen atoms in total. The van der Waals surface area contributed by atoms with Crippen LogP contribution in [0.5, 0.6) is 0 Å². The molecule has 0 spiro atoms. The second-order valence-electron chi connectivity index (χ2n) is 7.26. The van der Waals surface area contributed by atoms with E-state index in [2.05, 4.69) is 5.32 Å². The van der Waals surface area contributed by atoms with Crippen LogP contribution in [0.4, 0.5) is 18.9 Å². The number of nitrogens with one attached hydrogen (secondary N) is 1. The average molecular weight is 349 g/mol. The Bertz CT molecular complexity index is 802. The molecular weight excluding hydrogens is 327 g/mol. The molecule has 0 aliphatic carbocycles. The van der Waals surface area contributed by atoms with Crippen molar-refractivity contribution < 1.29 is 18.0 Å². The van der Waals surface area contributed by atoms with E-state index in [9.17, 15) is 18.0 Å². The number of aryl methyl sites for hydroxylation is 2. The lowest BCUT2D eigenvalue weighted by atomic mass is 9.93. The molecule has 0 radical (unpaired) electrons. The highest BCUT2D eigenvalue weighted by atomic mass is 19.4. The lowest BCUT2D eigenvalue weighted by molar-refractivity contribution is -0.137. The predicted molar refractivity (Wildman–Crippen MR) is 94.4 cm³/mol. The minimum absolute atomic E-state index is 0.109. The fraction of sp³-hybridized carbons (Fsp3) is 0.350. The largest absolute Gasteiger partial charge is 0.416 e. The van der Waals surface area contributed by atoms with E-state index in [0.717, 1.165) is 28.8 Å². The summed E-state index contributed by atoms with van der Waals surface area (Å²) in [5.41, 5.74) is 2.30. The van der Waals surface area contributed by atoms with Gasteiger partial charge in [0.25, 0.3) is 0 Å². The van der Waals surface area contributed by atoms with E-state index in [1.54, 1.807) is 12.1 Å². The van der Waals surface area contributed by atoms with E-state index in [0.29, 0.717) is 11.3 Å². The van der Waals surface area contributed by atoms with Gasteiger partial charge in [-0.15, -0.1) is 0 Å². The first-order valence-electron chi connectivity index (χ1n) is 8.00. The van der Waals surface area contributed by atoms with Crippen LogP contribution in [0.2, 0.25) is 0 Å². The molecule has 0 aliphatic heterocycles. The third-order valence-electron chi connectivity index (χ3n) is 4.00. The molecule has 0 bridgehead atoms. The Kier molecular flexibility index (Phi) is 4.98. The van der Waals surface area contributed by atoms with E-state index in [4.69, 9.17) is 0 Å². The van der Waals surface area contributed by atoms with Gasteiger partial charge < -0.3 is 5.32 Å². The highest BCUT2D eigenvalue weighted by molar-refractivity contribution is 5.95. The van der Waals surface area contributed by atoms with Gasteiger partial charge in [0, 0.05) is 11.1 Å². The van der Waals surface area contributed by atoms with Gasteiger partial charge in [-0.2, -0.15) is 13.2 Å². The van der Waals surface area contributed by atoms with Crippen LogP contribution in [-0.2, 0) is 11.0 Å². The molecule has 2 aromatic carbocycles. The molecule has 1 amide bonds. The predicted octanol–water partition coefficient (Wildman–Crippen LogP) is 5.97. The Balaban J connectivity index is 2.43. The van der Waals surface area contributed by atoms with Crippen molar-refractivity contribution in [2.75, 3.05) is 5.32 Å². The maximum absolute atomic E-state index is 12.9. The molecule has 0 unspecified atom stereocenters. The summed E-state index contributed by atoms with van der Waals surface area (Å²) in [6.07, 6.45) is -4.38. The van der Waals surface area contributed by atoms with Crippen molar-refractivity contribution in [2.24, 2.45) is 5.41 Å². The van der Waals surface area contributed by atoms with Gasteiger partial charge >= 0.3 is 6.18 Å². The normalized spacial score (nSPS) is 12.2. The summed E-state index contributed by atoms with van der Waals surface area (Å²) in [6, 6.07) is 8.88. The third kappa shape index (κ3) is 4.41. The molecule has 0 heterocycles. The first-order valence-corrected chi connectivity index (χ1v) is 8.00. The van der Waals surface area contributed by atoms with Crippen LogP contribution < -0.4 is 5.32 Å². The number of rotatable bonds is 2. The average Bonchev–Trinajstić information content (AvgIpc) is 2.49. The molecule has 25 heavy (non-hydrogen) atoms. The molecule has 0 fully saturated rings.